The first-order chi connectivity index (χ1) is 7.63. The van der Waals surface area contributed by atoms with Gasteiger partial charge >= 0.3 is 5.97 Å². The molecule has 0 bridgehead atoms. The van der Waals surface area contributed by atoms with Crippen LogP contribution in [0.4, 0.5) is 0 Å². The highest BCUT2D eigenvalue weighted by Crippen LogP contribution is 2.09. The maximum Gasteiger partial charge on any atom is 0.311 e. The molecule has 0 heterocycles. The summed E-state index contributed by atoms with van der Waals surface area (Å²) in [6.45, 7) is 2.13. The van der Waals surface area contributed by atoms with Gasteiger partial charge in [0.25, 0.3) is 0 Å². The number of aliphatic carboxylic acids is 1. The van der Waals surface area contributed by atoms with Gasteiger partial charge in [-0.3, -0.25) is 9.59 Å². The zero-order valence-electron chi connectivity index (χ0n) is 9.40. The number of rotatable bonds is 6. The van der Waals surface area contributed by atoms with Crippen LogP contribution in [0.15, 0.2) is 24.3 Å². The molecule has 3 nitrogen and oxygen atoms in total. The number of Topliss-reactive ketones (excluding diaryl/α,β-unsaturated/α-hetero) is 1. The second-order valence-corrected chi connectivity index (χ2v) is 3.79. The molecule has 0 saturated heterocycles. The van der Waals surface area contributed by atoms with Crippen molar-refractivity contribution >= 4 is 11.8 Å². The molecule has 0 radical (unpaired) electrons. The number of ketones is 1. The largest absolute Gasteiger partial charge is 0.481 e. The fourth-order valence-electron chi connectivity index (χ4n) is 1.48. The van der Waals surface area contributed by atoms with E-state index in [1.165, 1.54) is 5.56 Å². The van der Waals surface area contributed by atoms with Crippen molar-refractivity contribution in [3.8, 4) is 0 Å². The Bertz CT molecular complexity index is 365. The fourth-order valence-corrected chi connectivity index (χ4v) is 1.48. The molecule has 0 atom stereocenters. The summed E-state index contributed by atoms with van der Waals surface area (Å²) in [6.07, 6.45) is 2.83. The van der Waals surface area contributed by atoms with Crippen molar-refractivity contribution in [1.82, 2.24) is 0 Å². The topological polar surface area (TPSA) is 54.4 Å². The maximum atomic E-state index is 11.4. The van der Waals surface area contributed by atoms with Crippen LogP contribution >= 0.6 is 0 Å². The Morgan fingerprint density at radius 3 is 2.31 bits per heavy atom. The molecule has 1 rings (SSSR count). The summed E-state index contributed by atoms with van der Waals surface area (Å²) < 4.78 is 0. The van der Waals surface area contributed by atoms with E-state index < -0.39 is 12.4 Å². The fraction of sp³-hybridized carbons (Fsp3) is 0.385. The van der Waals surface area contributed by atoms with E-state index in [4.69, 9.17) is 5.11 Å². The summed E-state index contributed by atoms with van der Waals surface area (Å²) in [5.41, 5.74) is 1.66. The molecule has 1 aromatic carbocycles. The average Bonchev–Trinajstić information content (AvgIpc) is 2.26. The van der Waals surface area contributed by atoms with Gasteiger partial charge in [0.05, 0.1) is 0 Å². The lowest BCUT2D eigenvalue weighted by Crippen LogP contribution is -2.06. The molecule has 0 fully saturated rings. The summed E-state index contributed by atoms with van der Waals surface area (Å²) >= 11 is 0. The molecule has 0 aliphatic rings. The Labute approximate surface area is 95.1 Å². The van der Waals surface area contributed by atoms with Gasteiger partial charge in [-0.05, 0) is 18.4 Å². The summed E-state index contributed by atoms with van der Waals surface area (Å²) in [6, 6.07) is 7.20. The molecule has 1 aromatic rings. The van der Waals surface area contributed by atoms with Gasteiger partial charge < -0.3 is 5.11 Å². The predicted molar refractivity (Wildman–Crippen MR) is 61.6 cm³/mol. The highest BCUT2D eigenvalue weighted by molar-refractivity contribution is 6.05. The van der Waals surface area contributed by atoms with E-state index in [0.717, 1.165) is 19.3 Å². The number of unbranched alkanes of at least 4 members (excludes halogenated alkanes) is 1. The van der Waals surface area contributed by atoms with Gasteiger partial charge in [-0.25, -0.2) is 0 Å². The lowest BCUT2D eigenvalue weighted by atomic mass is 10.0. The summed E-state index contributed by atoms with van der Waals surface area (Å²) in [5, 5.41) is 8.50. The van der Waals surface area contributed by atoms with Crippen LogP contribution in [0, 0.1) is 0 Å². The predicted octanol–water partition coefficient (Wildman–Crippen LogP) is 2.69. The molecular formula is C13H16O3. The minimum Gasteiger partial charge on any atom is -0.481 e. The van der Waals surface area contributed by atoms with Crippen molar-refractivity contribution in [2.45, 2.75) is 32.6 Å². The highest BCUT2D eigenvalue weighted by atomic mass is 16.4. The quantitative estimate of drug-likeness (QED) is 0.592. The number of carbonyl (C=O) groups excluding carboxylic acids is 1. The first-order valence-corrected chi connectivity index (χ1v) is 5.47. The lowest BCUT2D eigenvalue weighted by Gasteiger charge is -2.01. The standard InChI is InChI=1S/C13H16O3/c1-2-3-4-10-5-7-11(8-6-10)12(14)9-13(15)16/h5-8H,2-4,9H2,1H3,(H,15,16). The SMILES string of the molecule is CCCCc1ccc(C(=O)CC(=O)O)cc1. The third-order valence-electron chi connectivity index (χ3n) is 2.41. The average molecular weight is 220 g/mol. The van der Waals surface area contributed by atoms with Crippen molar-refractivity contribution in [2.75, 3.05) is 0 Å². The van der Waals surface area contributed by atoms with Crippen molar-refractivity contribution in [1.29, 1.82) is 0 Å². The Kier molecular flexibility index (Phi) is 4.70. The van der Waals surface area contributed by atoms with Crippen LogP contribution < -0.4 is 0 Å². The third-order valence-corrected chi connectivity index (χ3v) is 2.41. The van der Waals surface area contributed by atoms with Crippen molar-refractivity contribution in [3.05, 3.63) is 35.4 Å². The van der Waals surface area contributed by atoms with Gasteiger partial charge in [-0.1, -0.05) is 37.6 Å². The zero-order chi connectivity index (χ0) is 12.0. The number of carboxylic acids is 1. The summed E-state index contributed by atoms with van der Waals surface area (Å²) in [7, 11) is 0. The van der Waals surface area contributed by atoms with E-state index >= 15 is 0 Å². The molecular weight excluding hydrogens is 204 g/mol. The van der Waals surface area contributed by atoms with E-state index in [1.54, 1.807) is 12.1 Å². The maximum absolute atomic E-state index is 11.4. The second kappa shape index (κ2) is 6.05. The Hall–Kier alpha value is -1.64. The van der Waals surface area contributed by atoms with Crippen LogP contribution in [0.5, 0.6) is 0 Å². The monoisotopic (exact) mass is 220 g/mol. The van der Waals surface area contributed by atoms with Gasteiger partial charge in [-0.2, -0.15) is 0 Å². The molecule has 0 aliphatic heterocycles. The normalized spacial score (nSPS) is 10.1. The molecule has 0 amide bonds. The molecule has 16 heavy (non-hydrogen) atoms. The molecule has 0 spiro atoms. The highest BCUT2D eigenvalue weighted by Gasteiger charge is 2.09. The zero-order valence-corrected chi connectivity index (χ0v) is 9.40. The van der Waals surface area contributed by atoms with Gasteiger partial charge in [-0.15, -0.1) is 0 Å². The second-order valence-electron chi connectivity index (χ2n) is 3.79. The van der Waals surface area contributed by atoms with Gasteiger partial charge in [0.1, 0.15) is 6.42 Å². The minimum absolute atomic E-state index is 0.338. The van der Waals surface area contributed by atoms with E-state index in [-0.39, 0.29) is 5.78 Å². The van der Waals surface area contributed by atoms with Crippen LogP contribution in [0.1, 0.15) is 42.1 Å². The summed E-state index contributed by atoms with van der Waals surface area (Å²) in [5.74, 6) is -1.42. The Morgan fingerprint density at radius 2 is 1.81 bits per heavy atom. The number of carboxylic acid groups (broad SMARTS) is 1. The van der Waals surface area contributed by atoms with Crippen LogP contribution in [0.25, 0.3) is 0 Å². The molecule has 0 aliphatic carbocycles. The van der Waals surface area contributed by atoms with Crippen LogP contribution in [-0.2, 0) is 11.2 Å². The van der Waals surface area contributed by atoms with Crippen LogP contribution in [0.2, 0.25) is 0 Å². The molecule has 1 N–H and O–H groups in total. The molecule has 86 valence electrons. The van der Waals surface area contributed by atoms with E-state index in [0.29, 0.717) is 5.56 Å². The number of benzene rings is 1. The van der Waals surface area contributed by atoms with Crippen LogP contribution in [-0.4, -0.2) is 16.9 Å². The van der Waals surface area contributed by atoms with Gasteiger partial charge in [0, 0.05) is 5.56 Å². The first kappa shape index (κ1) is 12.4. The first-order valence-electron chi connectivity index (χ1n) is 5.47. The van der Waals surface area contributed by atoms with Gasteiger partial charge in [0.15, 0.2) is 5.78 Å². The third kappa shape index (κ3) is 3.85. The lowest BCUT2D eigenvalue weighted by molar-refractivity contribution is -0.135. The van der Waals surface area contributed by atoms with Gasteiger partial charge in [0.2, 0.25) is 0 Å². The Balaban J connectivity index is 2.63. The van der Waals surface area contributed by atoms with Crippen molar-refractivity contribution < 1.29 is 14.7 Å². The van der Waals surface area contributed by atoms with E-state index in [2.05, 4.69) is 6.92 Å². The minimum atomic E-state index is -1.08. The number of hydrogen-bond acceptors (Lipinski definition) is 2. The van der Waals surface area contributed by atoms with Crippen molar-refractivity contribution in [3.63, 3.8) is 0 Å². The molecule has 3 heteroatoms. The summed E-state index contributed by atoms with van der Waals surface area (Å²) in [4.78, 5) is 21.8. The Morgan fingerprint density at radius 1 is 1.19 bits per heavy atom. The van der Waals surface area contributed by atoms with Crippen molar-refractivity contribution in [2.24, 2.45) is 0 Å². The molecule has 0 unspecified atom stereocenters. The van der Waals surface area contributed by atoms with E-state index in [1.807, 2.05) is 12.1 Å². The van der Waals surface area contributed by atoms with E-state index in [9.17, 15) is 9.59 Å². The number of carbonyl (C=O) groups is 2. The number of hydrogen-bond donors (Lipinski definition) is 1. The molecule has 0 saturated carbocycles. The molecule has 0 aromatic heterocycles. The smallest absolute Gasteiger partial charge is 0.311 e. The number of aryl methyl sites for hydroxylation is 1. The van der Waals surface area contributed by atoms with Crippen LogP contribution in [0.3, 0.4) is 0 Å².